The molecule has 24 heavy (non-hydrogen) atoms. The van der Waals surface area contributed by atoms with Gasteiger partial charge in [0.2, 0.25) is 0 Å². The van der Waals surface area contributed by atoms with Gasteiger partial charge in [0.15, 0.2) is 0 Å². The van der Waals surface area contributed by atoms with Gasteiger partial charge in [0.25, 0.3) is 0 Å². The Kier molecular flexibility index (Phi) is 6.64. The fourth-order valence-corrected chi connectivity index (χ4v) is 2.02. The Bertz CT molecular complexity index is 672. The molecule has 6 heteroatoms. The van der Waals surface area contributed by atoms with E-state index in [2.05, 4.69) is 5.32 Å². The van der Waals surface area contributed by atoms with Gasteiger partial charge in [-0.25, -0.2) is 4.79 Å². The summed E-state index contributed by atoms with van der Waals surface area (Å²) in [4.78, 5) is 22.2. The number of benzene rings is 2. The Morgan fingerprint density at radius 2 is 1.75 bits per heavy atom. The second kappa shape index (κ2) is 9.19. The van der Waals surface area contributed by atoms with E-state index in [0.29, 0.717) is 11.3 Å². The van der Waals surface area contributed by atoms with E-state index in [1.807, 2.05) is 30.3 Å². The fraction of sp³-hybridized carbons (Fsp3) is 0.222. The van der Waals surface area contributed by atoms with Gasteiger partial charge >= 0.3 is 12.1 Å². The molecule has 2 aromatic rings. The number of alkyl carbamates (subject to hydrolysis) is 1. The molecule has 0 aliphatic heterocycles. The largest absolute Gasteiger partial charge is 0.492 e. The summed E-state index contributed by atoms with van der Waals surface area (Å²) in [5, 5.41) is 11.4. The van der Waals surface area contributed by atoms with Crippen molar-refractivity contribution in [3.05, 3.63) is 65.7 Å². The summed E-state index contributed by atoms with van der Waals surface area (Å²) in [7, 11) is 0. The van der Waals surface area contributed by atoms with Crippen LogP contribution in [-0.2, 0) is 22.6 Å². The summed E-state index contributed by atoms with van der Waals surface area (Å²) in [6.07, 6.45) is -0.566. The molecule has 1 amide bonds. The zero-order valence-electron chi connectivity index (χ0n) is 13.1. The second-order valence-corrected chi connectivity index (χ2v) is 5.05. The summed E-state index contributed by atoms with van der Waals surface area (Å²) < 4.78 is 10.6. The van der Waals surface area contributed by atoms with Crippen LogP contribution >= 0.6 is 0 Å². The number of hydrogen-bond donors (Lipinski definition) is 2. The van der Waals surface area contributed by atoms with Gasteiger partial charge in [-0.15, -0.1) is 0 Å². The molecule has 0 aliphatic carbocycles. The third-order valence-electron chi connectivity index (χ3n) is 3.11. The van der Waals surface area contributed by atoms with E-state index in [-0.39, 0.29) is 26.2 Å². The predicted octanol–water partition coefficient (Wildman–Crippen LogP) is 2.62. The zero-order chi connectivity index (χ0) is 17.2. The van der Waals surface area contributed by atoms with Crippen LogP contribution in [0.2, 0.25) is 0 Å². The molecule has 2 N–H and O–H groups in total. The minimum Gasteiger partial charge on any atom is -0.492 e. The van der Waals surface area contributed by atoms with Crippen LogP contribution in [0.3, 0.4) is 0 Å². The van der Waals surface area contributed by atoms with Crippen molar-refractivity contribution in [2.75, 3.05) is 13.2 Å². The van der Waals surface area contributed by atoms with Crippen LogP contribution in [0.15, 0.2) is 54.6 Å². The molecule has 0 saturated heterocycles. The summed E-state index contributed by atoms with van der Waals surface area (Å²) in [6.45, 7) is 0.762. The van der Waals surface area contributed by atoms with Crippen LogP contribution in [0, 0.1) is 0 Å². The SMILES string of the molecule is O=C(O)Cc1cccc(OCCNC(=O)OCc2ccccc2)c1. The number of aliphatic carboxylic acids is 1. The molecule has 0 fully saturated rings. The molecule has 0 saturated carbocycles. The minimum absolute atomic E-state index is 0.0543. The van der Waals surface area contributed by atoms with Gasteiger partial charge in [-0.2, -0.15) is 0 Å². The molecule has 0 atom stereocenters. The average molecular weight is 329 g/mol. The molecule has 0 aliphatic rings. The van der Waals surface area contributed by atoms with Crippen molar-refractivity contribution in [1.29, 1.82) is 0 Å². The lowest BCUT2D eigenvalue weighted by Gasteiger charge is -2.09. The average Bonchev–Trinajstić information content (AvgIpc) is 2.58. The summed E-state index contributed by atoms with van der Waals surface area (Å²) in [5.74, 6) is -0.330. The molecule has 0 heterocycles. The maximum absolute atomic E-state index is 11.5. The monoisotopic (exact) mass is 329 g/mol. The van der Waals surface area contributed by atoms with E-state index in [1.54, 1.807) is 24.3 Å². The number of rotatable bonds is 8. The van der Waals surface area contributed by atoms with Gasteiger partial charge in [0, 0.05) is 0 Å². The second-order valence-electron chi connectivity index (χ2n) is 5.05. The van der Waals surface area contributed by atoms with Crippen LogP contribution < -0.4 is 10.1 Å². The number of carbonyl (C=O) groups is 2. The molecule has 2 aromatic carbocycles. The number of carboxylic acid groups (broad SMARTS) is 1. The smallest absolute Gasteiger partial charge is 0.407 e. The van der Waals surface area contributed by atoms with Crippen molar-refractivity contribution < 1.29 is 24.2 Å². The Morgan fingerprint density at radius 3 is 2.50 bits per heavy atom. The summed E-state index contributed by atoms with van der Waals surface area (Å²) in [5.41, 5.74) is 1.58. The van der Waals surface area contributed by atoms with Crippen molar-refractivity contribution in [3.8, 4) is 5.75 Å². The highest BCUT2D eigenvalue weighted by molar-refractivity contribution is 5.70. The van der Waals surface area contributed by atoms with Crippen LogP contribution in [0.1, 0.15) is 11.1 Å². The molecular formula is C18H19NO5. The van der Waals surface area contributed by atoms with Gasteiger partial charge in [-0.1, -0.05) is 42.5 Å². The molecule has 0 radical (unpaired) electrons. The lowest BCUT2D eigenvalue weighted by molar-refractivity contribution is -0.136. The zero-order valence-corrected chi connectivity index (χ0v) is 13.1. The highest BCUT2D eigenvalue weighted by Gasteiger charge is 2.04. The first-order valence-electron chi connectivity index (χ1n) is 7.51. The van der Waals surface area contributed by atoms with Crippen LogP contribution in [0.5, 0.6) is 5.75 Å². The third-order valence-corrected chi connectivity index (χ3v) is 3.11. The molecule has 2 rings (SSSR count). The minimum atomic E-state index is -0.894. The summed E-state index contributed by atoms with van der Waals surface area (Å²) in [6, 6.07) is 16.3. The Morgan fingerprint density at radius 1 is 1.00 bits per heavy atom. The topological polar surface area (TPSA) is 84.9 Å². The van der Waals surface area contributed by atoms with Crippen molar-refractivity contribution >= 4 is 12.1 Å². The van der Waals surface area contributed by atoms with Crippen molar-refractivity contribution in [3.63, 3.8) is 0 Å². The van der Waals surface area contributed by atoms with E-state index < -0.39 is 12.1 Å². The number of ether oxygens (including phenoxy) is 2. The van der Waals surface area contributed by atoms with E-state index in [4.69, 9.17) is 14.6 Å². The Balaban J connectivity index is 1.65. The maximum Gasteiger partial charge on any atom is 0.407 e. The standard InChI is InChI=1S/C18H19NO5/c20-17(21)12-15-7-4-8-16(11-15)23-10-9-19-18(22)24-13-14-5-2-1-3-6-14/h1-8,11H,9-10,12-13H2,(H,19,22)(H,20,21). The van der Waals surface area contributed by atoms with Gasteiger partial charge in [0.1, 0.15) is 19.0 Å². The predicted molar refractivity (Wildman–Crippen MR) is 87.9 cm³/mol. The van der Waals surface area contributed by atoms with Crippen LogP contribution in [-0.4, -0.2) is 30.3 Å². The van der Waals surface area contributed by atoms with Gasteiger partial charge in [-0.05, 0) is 23.3 Å². The van der Waals surface area contributed by atoms with E-state index in [0.717, 1.165) is 5.56 Å². The van der Waals surface area contributed by atoms with E-state index in [9.17, 15) is 9.59 Å². The maximum atomic E-state index is 11.5. The van der Waals surface area contributed by atoms with Gasteiger partial charge in [0.05, 0.1) is 13.0 Å². The molecule has 0 unspecified atom stereocenters. The third kappa shape index (κ3) is 6.39. The highest BCUT2D eigenvalue weighted by atomic mass is 16.5. The molecule has 0 bridgehead atoms. The van der Waals surface area contributed by atoms with Gasteiger partial charge < -0.3 is 19.9 Å². The van der Waals surface area contributed by atoms with Crippen molar-refractivity contribution in [2.45, 2.75) is 13.0 Å². The van der Waals surface area contributed by atoms with Crippen LogP contribution in [0.4, 0.5) is 4.79 Å². The Labute approximate surface area is 140 Å². The lowest BCUT2D eigenvalue weighted by atomic mass is 10.1. The van der Waals surface area contributed by atoms with Crippen LogP contribution in [0.25, 0.3) is 0 Å². The van der Waals surface area contributed by atoms with E-state index in [1.165, 1.54) is 0 Å². The Hall–Kier alpha value is -3.02. The highest BCUT2D eigenvalue weighted by Crippen LogP contribution is 2.13. The first kappa shape index (κ1) is 17.3. The molecule has 6 nitrogen and oxygen atoms in total. The first-order valence-corrected chi connectivity index (χ1v) is 7.51. The fourth-order valence-electron chi connectivity index (χ4n) is 2.02. The first-order chi connectivity index (χ1) is 11.6. The molecular weight excluding hydrogens is 310 g/mol. The number of nitrogens with one attached hydrogen (secondary N) is 1. The lowest BCUT2D eigenvalue weighted by Crippen LogP contribution is -2.28. The number of carbonyl (C=O) groups excluding carboxylic acids is 1. The molecule has 0 spiro atoms. The molecule has 126 valence electrons. The number of hydrogen-bond acceptors (Lipinski definition) is 4. The number of amides is 1. The normalized spacial score (nSPS) is 10.0. The quantitative estimate of drug-likeness (QED) is 0.727. The molecule has 0 aromatic heterocycles. The van der Waals surface area contributed by atoms with Crippen molar-refractivity contribution in [2.24, 2.45) is 0 Å². The van der Waals surface area contributed by atoms with Crippen molar-refractivity contribution in [1.82, 2.24) is 5.32 Å². The van der Waals surface area contributed by atoms with E-state index >= 15 is 0 Å². The summed E-state index contributed by atoms with van der Waals surface area (Å²) >= 11 is 0. The number of carboxylic acids is 1. The van der Waals surface area contributed by atoms with Gasteiger partial charge in [-0.3, -0.25) is 4.79 Å².